The van der Waals surface area contributed by atoms with Gasteiger partial charge < -0.3 is 4.90 Å². The fraction of sp³-hybridized carbons (Fsp3) is 0.619. The Morgan fingerprint density at radius 3 is 2.68 bits per heavy atom. The van der Waals surface area contributed by atoms with Crippen molar-refractivity contribution >= 4 is 5.69 Å². The van der Waals surface area contributed by atoms with Crippen molar-refractivity contribution in [3.8, 4) is 0 Å². The molecule has 2 aliphatic rings. The lowest BCUT2D eigenvalue weighted by atomic mass is 9.70. The second-order valence-corrected chi connectivity index (χ2v) is 7.31. The van der Waals surface area contributed by atoms with Gasteiger partial charge in [0.05, 0.1) is 0 Å². The van der Waals surface area contributed by atoms with Crippen molar-refractivity contribution in [1.82, 2.24) is 0 Å². The first-order valence-corrected chi connectivity index (χ1v) is 9.26. The Balaban J connectivity index is 2.13. The minimum atomic E-state index is 0.366. The molecule has 2 heterocycles. The summed E-state index contributed by atoms with van der Waals surface area (Å²) in [6.45, 7) is 7.20. The average Bonchev–Trinajstić information content (AvgIpc) is 2.72. The van der Waals surface area contributed by atoms with Gasteiger partial charge in [0.1, 0.15) is 0 Å². The van der Waals surface area contributed by atoms with Gasteiger partial charge in [0.25, 0.3) is 0 Å². The van der Waals surface area contributed by atoms with Gasteiger partial charge in [-0.05, 0) is 61.5 Å². The molecule has 1 aromatic carbocycles. The summed E-state index contributed by atoms with van der Waals surface area (Å²) in [5.41, 5.74) is 3.43. The predicted molar refractivity (Wildman–Crippen MR) is 96.4 cm³/mol. The number of para-hydroxylation sites is 1. The summed E-state index contributed by atoms with van der Waals surface area (Å²) in [6, 6.07) is 9.88. The van der Waals surface area contributed by atoms with Crippen LogP contribution in [0.25, 0.3) is 0 Å². The van der Waals surface area contributed by atoms with E-state index in [2.05, 4.69) is 62.2 Å². The van der Waals surface area contributed by atoms with Gasteiger partial charge in [-0.25, -0.2) is 0 Å². The zero-order valence-electron chi connectivity index (χ0n) is 14.5. The monoisotopic (exact) mass is 297 g/mol. The Hall–Kier alpha value is -1.24. The number of hydrogen-bond acceptors (Lipinski definition) is 1. The highest BCUT2D eigenvalue weighted by Gasteiger charge is 2.36. The molecule has 1 nitrogen and oxygen atoms in total. The Kier molecular flexibility index (Phi) is 4.61. The van der Waals surface area contributed by atoms with E-state index in [0.29, 0.717) is 11.5 Å². The predicted octanol–water partition coefficient (Wildman–Crippen LogP) is 6.05. The molecule has 1 heteroatoms. The molecule has 1 aromatic rings. The van der Waals surface area contributed by atoms with Gasteiger partial charge in [-0.15, -0.1) is 0 Å². The summed E-state index contributed by atoms with van der Waals surface area (Å²) < 4.78 is 0. The molecule has 0 saturated heterocycles. The second-order valence-electron chi connectivity index (χ2n) is 7.31. The highest BCUT2D eigenvalue weighted by atomic mass is 15.2. The van der Waals surface area contributed by atoms with E-state index >= 15 is 0 Å². The first-order valence-electron chi connectivity index (χ1n) is 9.26. The third kappa shape index (κ3) is 2.59. The number of hydrogen-bond donors (Lipinski definition) is 0. The van der Waals surface area contributed by atoms with Crippen LogP contribution >= 0.6 is 0 Å². The highest BCUT2D eigenvalue weighted by Crippen LogP contribution is 2.45. The molecule has 0 N–H and O–H groups in total. The lowest BCUT2D eigenvalue weighted by molar-refractivity contribution is 0.314. The number of fused-ring (bicyclic) bond motifs is 3. The molecule has 0 radical (unpaired) electrons. The molecule has 120 valence electrons. The van der Waals surface area contributed by atoms with E-state index in [1.165, 1.54) is 50.6 Å². The summed E-state index contributed by atoms with van der Waals surface area (Å²) in [5.74, 6) is 0.777. The molecule has 0 fully saturated rings. The molecule has 0 saturated carbocycles. The largest absolute Gasteiger partial charge is 0.345 e. The van der Waals surface area contributed by atoms with E-state index in [0.717, 1.165) is 5.92 Å². The van der Waals surface area contributed by atoms with Crippen LogP contribution in [-0.2, 0) is 5.41 Å². The van der Waals surface area contributed by atoms with E-state index in [1.54, 1.807) is 5.56 Å². The van der Waals surface area contributed by atoms with Crippen molar-refractivity contribution in [3.63, 3.8) is 0 Å². The Morgan fingerprint density at radius 1 is 1.14 bits per heavy atom. The number of anilines is 1. The maximum Gasteiger partial charge on any atom is 0.0446 e. The van der Waals surface area contributed by atoms with E-state index in [-0.39, 0.29) is 0 Å². The van der Waals surface area contributed by atoms with Gasteiger partial charge in [-0.3, -0.25) is 0 Å². The van der Waals surface area contributed by atoms with Crippen LogP contribution in [0.5, 0.6) is 0 Å². The highest BCUT2D eigenvalue weighted by molar-refractivity contribution is 5.60. The van der Waals surface area contributed by atoms with E-state index in [4.69, 9.17) is 0 Å². The van der Waals surface area contributed by atoms with Gasteiger partial charge >= 0.3 is 0 Å². The van der Waals surface area contributed by atoms with Crippen LogP contribution in [-0.4, -0.2) is 6.04 Å². The van der Waals surface area contributed by atoms with Crippen molar-refractivity contribution in [3.05, 3.63) is 42.1 Å². The minimum Gasteiger partial charge on any atom is -0.345 e. The van der Waals surface area contributed by atoms with Gasteiger partial charge in [0, 0.05) is 17.9 Å². The van der Waals surface area contributed by atoms with Crippen LogP contribution in [0.1, 0.15) is 71.3 Å². The second kappa shape index (κ2) is 6.48. The van der Waals surface area contributed by atoms with Crippen LogP contribution in [0.15, 0.2) is 36.5 Å². The summed E-state index contributed by atoms with van der Waals surface area (Å²) in [5, 5.41) is 0. The standard InChI is InChI=1S/C21H31N/c1-4-21(5-2)15-10-14-19-17(3)11-8-9-16-22(19)20-13-7-6-12-18(20)21/h6-7,9,12-13,16-17,19H,4-5,8,10-11,14-15H2,1-3H3. The number of allylic oxidation sites excluding steroid dienone is 1. The SMILES string of the molecule is CCC1(CC)CCCC2C(C)CCC=CN2c2ccccc21. The molecule has 22 heavy (non-hydrogen) atoms. The molecular formula is C21H31N. The van der Waals surface area contributed by atoms with Crippen LogP contribution in [0.3, 0.4) is 0 Å². The number of nitrogens with zero attached hydrogens (tertiary/aromatic N) is 1. The summed E-state index contributed by atoms with van der Waals surface area (Å²) in [4.78, 5) is 2.62. The molecule has 3 rings (SSSR count). The van der Waals surface area contributed by atoms with E-state index in [9.17, 15) is 0 Å². The minimum absolute atomic E-state index is 0.366. The van der Waals surface area contributed by atoms with E-state index in [1.807, 2.05) is 0 Å². The third-order valence-corrected chi connectivity index (χ3v) is 6.33. The summed E-state index contributed by atoms with van der Waals surface area (Å²) >= 11 is 0. The lowest BCUT2D eigenvalue weighted by Crippen LogP contribution is -2.40. The molecule has 2 atom stereocenters. The fourth-order valence-electron chi connectivity index (χ4n) is 4.72. The van der Waals surface area contributed by atoms with Gasteiger partial charge in [-0.1, -0.05) is 51.5 Å². The first-order chi connectivity index (χ1) is 10.7. The number of benzene rings is 1. The van der Waals surface area contributed by atoms with Crippen LogP contribution < -0.4 is 4.90 Å². The third-order valence-electron chi connectivity index (χ3n) is 6.33. The molecule has 2 aliphatic heterocycles. The smallest absolute Gasteiger partial charge is 0.0446 e. The zero-order valence-corrected chi connectivity index (χ0v) is 14.5. The molecule has 0 spiro atoms. The van der Waals surface area contributed by atoms with Crippen LogP contribution in [0.2, 0.25) is 0 Å². The number of rotatable bonds is 2. The normalized spacial score (nSPS) is 27.3. The zero-order chi connectivity index (χ0) is 15.6. The molecular weight excluding hydrogens is 266 g/mol. The Bertz CT molecular complexity index is 526. The van der Waals surface area contributed by atoms with Crippen LogP contribution in [0.4, 0.5) is 5.69 Å². The van der Waals surface area contributed by atoms with E-state index < -0.39 is 0 Å². The van der Waals surface area contributed by atoms with Crippen molar-refractivity contribution in [2.75, 3.05) is 4.90 Å². The Morgan fingerprint density at radius 2 is 1.91 bits per heavy atom. The maximum atomic E-state index is 2.62. The fourth-order valence-corrected chi connectivity index (χ4v) is 4.72. The lowest BCUT2D eigenvalue weighted by Gasteiger charge is -2.43. The van der Waals surface area contributed by atoms with Crippen LogP contribution in [0, 0.1) is 5.92 Å². The molecule has 2 unspecified atom stereocenters. The van der Waals surface area contributed by atoms with Gasteiger partial charge in [-0.2, -0.15) is 0 Å². The molecule has 0 amide bonds. The maximum absolute atomic E-state index is 2.62. The molecule has 0 aliphatic carbocycles. The Labute approximate surface area is 136 Å². The van der Waals surface area contributed by atoms with Crippen molar-refractivity contribution in [2.24, 2.45) is 5.92 Å². The summed E-state index contributed by atoms with van der Waals surface area (Å²) in [6.07, 6.45) is 13.9. The first kappa shape index (κ1) is 15.6. The molecule has 0 aromatic heterocycles. The topological polar surface area (TPSA) is 3.24 Å². The van der Waals surface area contributed by atoms with Gasteiger partial charge in [0.15, 0.2) is 0 Å². The van der Waals surface area contributed by atoms with Crippen molar-refractivity contribution in [1.29, 1.82) is 0 Å². The average molecular weight is 297 g/mol. The quantitative estimate of drug-likeness (QED) is 0.642. The molecule has 0 bridgehead atoms. The summed E-state index contributed by atoms with van der Waals surface area (Å²) in [7, 11) is 0. The van der Waals surface area contributed by atoms with Gasteiger partial charge in [0.2, 0.25) is 0 Å². The van der Waals surface area contributed by atoms with Crippen molar-refractivity contribution in [2.45, 2.75) is 77.2 Å². The van der Waals surface area contributed by atoms with Crippen molar-refractivity contribution < 1.29 is 0 Å².